The lowest BCUT2D eigenvalue weighted by atomic mass is 10.1. The van der Waals surface area contributed by atoms with Crippen LogP contribution in [0.3, 0.4) is 0 Å². The summed E-state index contributed by atoms with van der Waals surface area (Å²) in [4.78, 5) is 12.5. The number of nitrogens with one attached hydrogen (secondary N) is 1. The third-order valence-electron chi connectivity index (χ3n) is 4.51. The molecule has 0 aliphatic rings. The molecule has 3 rings (SSSR count). The average molecular weight is 394 g/mol. The molecule has 0 aliphatic carbocycles. The van der Waals surface area contributed by atoms with Crippen molar-refractivity contribution in [2.45, 2.75) is 18.2 Å². The Morgan fingerprint density at radius 2 is 1.50 bits per heavy atom. The first-order chi connectivity index (χ1) is 13.4. The summed E-state index contributed by atoms with van der Waals surface area (Å²) < 4.78 is 26.8. The summed E-state index contributed by atoms with van der Waals surface area (Å²) in [6.07, 6.45) is 0.932. The minimum Gasteiger partial charge on any atom is -0.322 e. The molecule has 3 aromatic rings. The highest BCUT2D eigenvalue weighted by Crippen LogP contribution is 2.22. The van der Waals surface area contributed by atoms with Crippen LogP contribution in [0.4, 0.5) is 11.4 Å². The largest absolute Gasteiger partial charge is 0.322 e. The lowest BCUT2D eigenvalue weighted by Gasteiger charge is -2.19. The maximum atomic E-state index is 12.8. The normalized spacial score (nSPS) is 11.1. The zero-order valence-corrected chi connectivity index (χ0v) is 16.6. The number of benzene rings is 3. The van der Waals surface area contributed by atoms with E-state index in [2.05, 4.69) is 12.2 Å². The van der Waals surface area contributed by atoms with Crippen molar-refractivity contribution in [2.24, 2.45) is 0 Å². The third-order valence-corrected chi connectivity index (χ3v) is 6.31. The van der Waals surface area contributed by atoms with Gasteiger partial charge in [-0.1, -0.05) is 37.3 Å². The summed E-state index contributed by atoms with van der Waals surface area (Å²) >= 11 is 0. The minimum absolute atomic E-state index is 0.128. The van der Waals surface area contributed by atoms with Gasteiger partial charge in [0.05, 0.1) is 10.6 Å². The minimum atomic E-state index is -3.70. The van der Waals surface area contributed by atoms with E-state index in [1.165, 1.54) is 41.2 Å². The smallest absolute Gasteiger partial charge is 0.264 e. The maximum absolute atomic E-state index is 12.8. The summed E-state index contributed by atoms with van der Waals surface area (Å²) in [7, 11) is -2.19. The number of hydrogen-bond acceptors (Lipinski definition) is 3. The summed E-state index contributed by atoms with van der Waals surface area (Å²) in [6.45, 7) is 2.07. The molecule has 1 N–H and O–H groups in total. The second-order valence-corrected chi connectivity index (χ2v) is 8.31. The van der Waals surface area contributed by atoms with Gasteiger partial charge in [0.25, 0.3) is 15.9 Å². The Kier molecular flexibility index (Phi) is 5.80. The summed E-state index contributed by atoms with van der Waals surface area (Å²) in [5, 5.41) is 2.82. The number of anilines is 2. The molecule has 6 heteroatoms. The second-order valence-electron chi connectivity index (χ2n) is 6.34. The molecule has 0 atom stereocenters. The van der Waals surface area contributed by atoms with Crippen molar-refractivity contribution in [3.05, 3.63) is 90.0 Å². The number of amides is 1. The van der Waals surface area contributed by atoms with Gasteiger partial charge in [0.2, 0.25) is 0 Å². The molecule has 0 saturated heterocycles. The lowest BCUT2D eigenvalue weighted by Crippen LogP contribution is -2.26. The molecule has 3 aromatic carbocycles. The van der Waals surface area contributed by atoms with Crippen LogP contribution in [-0.4, -0.2) is 21.4 Å². The quantitative estimate of drug-likeness (QED) is 0.677. The van der Waals surface area contributed by atoms with Crippen molar-refractivity contribution in [1.29, 1.82) is 0 Å². The van der Waals surface area contributed by atoms with E-state index in [1.54, 1.807) is 24.3 Å². The maximum Gasteiger partial charge on any atom is 0.264 e. The first-order valence-corrected chi connectivity index (χ1v) is 10.4. The standard InChI is InChI=1S/C22H22N2O3S/c1-3-17-9-13-19(14-10-17)23-22(25)18-11-15-21(16-12-18)28(26,27)24(2)20-7-5-4-6-8-20/h4-16H,3H2,1-2H3,(H,23,25). The zero-order valence-electron chi connectivity index (χ0n) is 15.8. The predicted octanol–water partition coefficient (Wildman–Crippen LogP) is 4.33. The number of sulfonamides is 1. The van der Waals surface area contributed by atoms with E-state index in [9.17, 15) is 13.2 Å². The molecule has 0 aromatic heterocycles. The molecular formula is C22H22N2O3S. The second kappa shape index (κ2) is 8.27. The summed E-state index contributed by atoms with van der Waals surface area (Å²) in [6, 6.07) is 22.4. The highest BCUT2D eigenvalue weighted by Gasteiger charge is 2.21. The fraction of sp³-hybridized carbons (Fsp3) is 0.136. The van der Waals surface area contributed by atoms with E-state index in [0.717, 1.165) is 6.42 Å². The Balaban J connectivity index is 1.75. The van der Waals surface area contributed by atoms with Crippen molar-refractivity contribution < 1.29 is 13.2 Å². The predicted molar refractivity (Wildman–Crippen MR) is 112 cm³/mol. The molecular weight excluding hydrogens is 372 g/mol. The molecule has 1 amide bonds. The topological polar surface area (TPSA) is 66.5 Å². The van der Waals surface area contributed by atoms with Crippen LogP contribution in [-0.2, 0) is 16.4 Å². The number of hydrogen-bond donors (Lipinski definition) is 1. The van der Waals surface area contributed by atoms with Crippen LogP contribution >= 0.6 is 0 Å². The molecule has 0 saturated carbocycles. The third kappa shape index (κ3) is 4.23. The van der Waals surface area contributed by atoms with Crippen LogP contribution in [0, 0.1) is 0 Å². The van der Waals surface area contributed by atoms with Crippen molar-refractivity contribution in [3.8, 4) is 0 Å². The van der Waals surface area contributed by atoms with E-state index >= 15 is 0 Å². The van der Waals surface area contributed by atoms with Gasteiger partial charge in [-0.05, 0) is 60.5 Å². The first-order valence-electron chi connectivity index (χ1n) is 8.96. The van der Waals surface area contributed by atoms with E-state index < -0.39 is 10.0 Å². The van der Waals surface area contributed by atoms with E-state index in [0.29, 0.717) is 16.9 Å². The molecule has 0 bridgehead atoms. The number of aryl methyl sites for hydroxylation is 1. The number of carbonyl (C=O) groups is 1. The SMILES string of the molecule is CCc1ccc(NC(=O)c2ccc(S(=O)(=O)N(C)c3ccccc3)cc2)cc1. The Labute approximate surface area is 165 Å². The molecule has 0 aliphatic heterocycles. The Hall–Kier alpha value is -3.12. The summed E-state index contributed by atoms with van der Waals surface area (Å²) in [5.41, 5.74) is 2.85. The molecule has 0 radical (unpaired) electrons. The Morgan fingerprint density at radius 3 is 2.07 bits per heavy atom. The van der Waals surface area contributed by atoms with E-state index in [-0.39, 0.29) is 10.8 Å². The van der Waals surface area contributed by atoms with Gasteiger partial charge in [-0.15, -0.1) is 0 Å². The monoisotopic (exact) mass is 394 g/mol. The van der Waals surface area contributed by atoms with Crippen LogP contribution in [0.5, 0.6) is 0 Å². The van der Waals surface area contributed by atoms with Gasteiger partial charge in [0.15, 0.2) is 0 Å². The van der Waals surface area contributed by atoms with E-state index in [4.69, 9.17) is 0 Å². The van der Waals surface area contributed by atoms with Gasteiger partial charge in [0, 0.05) is 18.3 Å². The van der Waals surface area contributed by atoms with Crippen molar-refractivity contribution in [3.63, 3.8) is 0 Å². The Bertz CT molecular complexity index is 1050. The molecule has 144 valence electrons. The summed E-state index contributed by atoms with van der Waals surface area (Å²) in [5.74, 6) is -0.287. The highest BCUT2D eigenvalue weighted by atomic mass is 32.2. The van der Waals surface area contributed by atoms with Gasteiger partial charge < -0.3 is 5.32 Å². The van der Waals surface area contributed by atoms with Crippen molar-refractivity contribution in [2.75, 3.05) is 16.7 Å². The number of nitrogens with zero attached hydrogens (tertiary/aromatic N) is 1. The number of rotatable bonds is 6. The highest BCUT2D eigenvalue weighted by molar-refractivity contribution is 7.92. The average Bonchev–Trinajstić information content (AvgIpc) is 2.74. The van der Waals surface area contributed by atoms with Crippen LogP contribution in [0.25, 0.3) is 0 Å². The number of carbonyl (C=O) groups excluding carboxylic acids is 1. The van der Waals surface area contributed by atoms with Gasteiger partial charge >= 0.3 is 0 Å². The molecule has 0 fully saturated rings. The molecule has 0 heterocycles. The van der Waals surface area contributed by atoms with Crippen LogP contribution < -0.4 is 9.62 Å². The van der Waals surface area contributed by atoms with Crippen LogP contribution in [0.2, 0.25) is 0 Å². The zero-order chi connectivity index (χ0) is 20.1. The van der Waals surface area contributed by atoms with Crippen LogP contribution in [0.1, 0.15) is 22.8 Å². The van der Waals surface area contributed by atoms with Gasteiger partial charge in [0.1, 0.15) is 0 Å². The van der Waals surface area contributed by atoms with Crippen LogP contribution in [0.15, 0.2) is 83.8 Å². The van der Waals surface area contributed by atoms with E-state index in [1.807, 2.05) is 30.3 Å². The van der Waals surface area contributed by atoms with Crippen molar-refractivity contribution in [1.82, 2.24) is 0 Å². The lowest BCUT2D eigenvalue weighted by molar-refractivity contribution is 0.102. The fourth-order valence-electron chi connectivity index (χ4n) is 2.74. The molecule has 0 spiro atoms. The fourth-order valence-corrected chi connectivity index (χ4v) is 3.94. The molecule has 28 heavy (non-hydrogen) atoms. The Morgan fingerprint density at radius 1 is 0.893 bits per heavy atom. The molecule has 5 nitrogen and oxygen atoms in total. The molecule has 0 unspecified atom stereocenters. The van der Waals surface area contributed by atoms with Gasteiger partial charge in [-0.3, -0.25) is 9.10 Å². The van der Waals surface area contributed by atoms with Gasteiger partial charge in [-0.25, -0.2) is 8.42 Å². The first kappa shape index (κ1) is 19.6. The van der Waals surface area contributed by atoms with Crippen molar-refractivity contribution >= 4 is 27.3 Å². The number of para-hydroxylation sites is 1. The van der Waals surface area contributed by atoms with Gasteiger partial charge in [-0.2, -0.15) is 0 Å².